The van der Waals surface area contributed by atoms with E-state index in [1.807, 2.05) is 11.9 Å². The summed E-state index contributed by atoms with van der Waals surface area (Å²) in [5, 5.41) is 0. The number of benzene rings is 1. The molecule has 1 aromatic rings. The van der Waals surface area contributed by atoms with E-state index in [-0.39, 0.29) is 5.41 Å². The Kier molecular flexibility index (Phi) is 3.81. The highest BCUT2D eigenvalue weighted by molar-refractivity contribution is 5.91. The van der Waals surface area contributed by atoms with Gasteiger partial charge in [0.2, 0.25) is 5.91 Å². The number of carbonyl (C=O) groups is 1. The Bertz CT molecular complexity index is 518. The van der Waals surface area contributed by atoms with Crippen molar-refractivity contribution < 1.29 is 4.79 Å². The van der Waals surface area contributed by atoms with Crippen LogP contribution >= 0.6 is 0 Å². The van der Waals surface area contributed by atoms with Gasteiger partial charge in [-0.3, -0.25) is 4.79 Å². The summed E-state index contributed by atoms with van der Waals surface area (Å²) in [5.74, 6) is 1.08. The summed E-state index contributed by atoms with van der Waals surface area (Å²) in [5.41, 5.74) is 3.57. The lowest BCUT2D eigenvalue weighted by molar-refractivity contribution is -0.133. The molecule has 0 aromatic heterocycles. The minimum absolute atomic E-state index is 0.204. The number of amides is 1. The van der Waals surface area contributed by atoms with Gasteiger partial charge in [-0.2, -0.15) is 0 Å². The predicted octanol–water partition coefficient (Wildman–Crippen LogP) is 3.98. The van der Waals surface area contributed by atoms with E-state index in [1.165, 1.54) is 42.4 Å². The number of aryl methyl sites for hydroxylation is 2. The Morgan fingerprint density at radius 3 is 2.24 bits per heavy atom. The second-order valence-corrected chi connectivity index (χ2v) is 7.29. The highest BCUT2D eigenvalue weighted by atomic mass is 16.2. The van der Waals surface area contributed by atoms with E-state index in [0.29, 0.717) is 5.91 Å². The lowest BCUT2D eigenvalue weighted by Gasteiger charge is -2.26. The monoisotopic (exact) mass is 285 g/mol. The molecule has 0 bridgehead atoms. The minimum Gasteiger partial charge on any atom is -0.345 e. The maximum absolute atomic E-state index is 13.0. The van der Waals surface area contributed by atoms with Crippen LogP contribution in [0.5, 0.6) is 0 Å². The van der Waals surface area contributed by atoms with Gasteiger partial charge in [-0.25, -0.2) is 0 Å². The molecule has 2 saturated carbocycles. The number of hydrogen-bond donors (Lipinski definition) is 0. The first-order valence-electron chi connectivity index (χ1n) is 8.36. The molecule has 2 aliphatic carbocycles. The zero-order chi connectivity index (χ0) is 15.0. The summed E-state index contributed by atoms with van der Waals surface area (Å²) in [6, 6.07) is 6.61. The maximum atomic E-state index is 13.0. The van der Waals surface area contributed by atoms with Crippen LogP contribution in [0.2, 0.25) is 0 Å². The molecule has 3 rings (SSSR count). The van der Waals surface area contributed by atoms with Crippen LogP contribution in [0, 0.1) is 19.8 Å². The maximum Gasteiger partial charge on any atom is 0.232 e. The fraction of sp³-hybridized carbons (Fsp3) is 0.632. The van der Waals surface area contributed by atoms with Crippen LogP contribution in [-0.4, -0.2) is 24.4 Å². The zero-order valence-electron chi connectivity index (χ0n) is 13.6. The summed E-state index contributed by atoms with van der Waals surface area (Å²) in [4.78, 5) is 15.0. The van der Waals surface area contributed by atoms with Crippen molar-refractivity contribution in [1.29, 1.82) is 0 Å². The van der Waals surface area contributed by atoms with E-state index in [2.05, 4.69) is 32.0 Å². The van der Waals surface area contributed by atoms with Crippen molar-refractivity contribution in [2.45, 2.75) is 57.8 Å². The van der Waals surface area contributed by atoms with Crippen molar-refractivity contribution in [2.75, 3.05) is 13.6 Å². The molecule has 2 heteroatoms. The molecule has 0 atom stereocenters. The Morgan fingerprint density at radius 1 is 1.14 bits per heavy atom. The largest absolute Gasteiger partial charge is 0.345 e. The quantitative estimate of drug-likeness (QED) is 0.819. The molecule has 0 spiro atoms. The third-order valence-corrected chi connectivity index (χ3v) is 5.29. The summed E-state index contributed by atoms with van der Waals surface area (Å²) < 4.78 is 0. The topological polar surface area (TPSA) is 20.3 Å². The Hall–Kier alpha value is -1.31. The smallest absolute Gasteiger partial charge is 0.232 e. The van der Waals surface area contributed by atoms with Gasteiger partial charge in [0.25, 0.3) is 0 Å². The van der Waals surface area contributed by atoms with Crippen LogP contribution in [0.15, 0.2) is 18.2 Å². The molecule has 1 aromatic carbocycles. The number of rotatable bonds is 4. The molecule has 1 amide bonds. The van der Waals surface area contributed by atoms with Gasteiger partial charge in [0.05, 0.1) is 5.41 Å². The van der Waals surface area contributed by atoms with E-state index in [9.17, 15) is 4.79 Å². The molecule has 2 nitrogen and oxygen atoms in total. The number of carbonyl (C=O) groups excluding carboxylic acids is 1. The fourth-order valence-electron chi connectivity index (χ4n) is 4.03. The first kappa shape index (κ1) is 14.6. The van der Waals surface area contributed by atoms with Crippen molar-refractivity contribution in [3.05, 3.63) is 34.9 Å². The Balaban J connectivity index is 1.76. The normalized spacial score (nSPS) is 20.5. The zero-order valence-corrected chi connectivity index (χ0v) is 13.6. The molecule has 0 radical (unpaired) electrons. The summed E-state index contributed by atoms with van der Waals surface area (Å²) in [6.07, 6.45) is 7.32. The van der Waals surface area contributed by atoms with E-state index < -0.39 is 0 Å². The van der Waals surface area contributed by atoms with Crippen LogP contribution in [0.4, 0.5) is 0 Å². The van der Waals surface area contributed by atoms with Gasteiger partial charge in [-0.15, -0.1) is 0 Å². The van der Waals surface area contributed by atoms with Gasteiger partial charge in [0, 0.05) is 13.6 Å². The summed E-state index contributed by atoms with van der Waals surface area (Å²) in [6.45, 7) is 5.20. The van der Waals surface area contributed by atoms with Crippen LogP contribution < -0.4 is 0 Å². The number of nitrogens with zero attached hydrogens (tertiary/aromatic N) is 1. The lowest BCUT2D eigenvalue weighted by atomic mass is 9.91. The van der Waals surface area contributed by atoms with Crippen molar-refractivity contribution in [3.63, 3.8) is 0 Å². The highest BCUT2D eigenvalue weighted by Crippen LogP contribution is 2.50. The second-order valence-electron chi connectivity index (χ2n) is 7.29. The van der Waals surface area contributed by atoms with Crippen LogP contribution in [0.3, 0.4) is 0 Å². The Labute approximate surface area is 128 Å². The first-order chi connectivity index (χ1) is 10.0. The van der Waals surface area contributed by atoms with Crippen molar-refractivity contribution in [2.24, 2.45) is 5.92 Å². The molecule has 0 N–H and O–H groups in total. The third kappa shape index (κ3) is 2.86. The molecule has 114 valence electrons. The molecular weight excluding hydrogens is 258 g/mol. The van der Waals surface area contributed by atoms with Crippen LogP contribution in [0.1, 0.15) is 55.2 Å². The lowest BCUT2D eigenvalue weighted by Crippen LogP contribution is -2.39. The van der Waals surface area contributed by atoms with Gasteiger partial charge in [0.15, 0.2) is 0 Å². The molecule has 2 aliphatic rings. The molecule has 0 aliphatic heterocycles. The summed E-state index contributed by atoms with van der Waals surface area (Å²) >= 11 is 0. The Morgan fingerprint density at radius 2 is 1.71 bits per heavy atom. The average Bonchev–Trinajstić information content (AvgIpc) is 3.09. The van der Waals surface area contributed by atoms with Gasteiger partial charge in [-0.1, -0.05) is 42.2 Å². The number of hydrogen-bond acceptors (Lipinski definition) is 1. The third-order valence-electron chi connectivity index (χ3n) is 5.29. The van der Waals surface area contributed by atoms with Gasteiger partial charge >= 0.3 is 0 Å². The molecule has 0 unspecified atom stereocenters. The fourth-order valence-corrected chi connectivity index (χ4v) is 4.03. The summed E-state index contributed by atoms with van der Waals surface area (Å²) in [7, 11) is 2.00. The van der Waals surface area contributed by atoms with E-state index in [4.69, 9.17) is 0 Å². The average molecular weight is 285 g/mol. The predicted molar refractivity (Wildman–Crippen MR) is 86.4 cm³/mol. The number of likely N-dealkylation sites (N-methyl/N-ethyl adjacent to an activating group) is 1. The van der Waals surface area contributed by atoms with Crippen molar-refractivity contribution in [1.82, 2.24) is 4.90 Å². The van der Waals surface area contributed by atoms with Crippen LogP contribution in [-0.2, 0) is 10.2 Å². The molecule has 0 saturated heterocycles. The van der Waals surface area contributed by atoms with Gasteiger partial charge < -0.3 is 4.90 Å². The van der Waals surface area contributed by atoms with Crippen molar-refractivity contribution >= 4 is 5.91 Å². The molecule has 21 heavy (non-hydrogen) atoms. The molecular formula is C19H27NO. The van der Waals surface area contributed by atoms with E-state index in [0.717, 1.165) is 25.3 Å². The van der Waals surface area contributed by atoms with Crippen LogP contribution in [0.25, 0.3) is 0 Å². The van der Waals surface area contributed by atoms with Gasteiger partial charge in [0.1, 0.15) is 0 Å². The van der Waals surface area contributed by atoms with Crippen molar-refractivity contribution in [3.8, 4) is 0 Å². The van der Waals surface area contributed by atoms with E-state index in [1.54, 1.807) is 0 Å². The molecule has 2 fully saturated rings. The first-order valence-corrected chi connectivity index (χ1v) is 8.36. The second kappa shape index (κ2) is 5.47. The van der Waals surface area contributed by atoms with Gasteiger partial charge in [-0.05, 0) is 51.0 Å². The van der Waals surface area contributed by atoms with E-state index >= 15 is 0 Å². The SMILES string of the molecule is Cc1cc(C)cc(C2(C(=O)N(C)CC3CCCC3)CC2)c1. The minimum atomic E-state index is -0.204. The molecule has 0 heterocycles. The highest BCUT2D eigenvalue weighted by Gasteiger charge is 2.52. The standard InChI is InChI=1S/C19H27NO/c1-14-10-15(2)12-17(11-14)19(8-9-19)18(21)20(3)13-16-6-4-5-7-16/h10-12,16H,4-9,13H2,1-3H3.